The molecule has 0 saturated heterocycles. The highest BCUT2D eigenvalue weighted by Crippen LogP contribution is 2.23. The number of nitrogens with one attached hydrogen (secondary N) is 1. The number of para-hydroxylation sites is 1. The van der Waals surface area contributed by atoms with Gasteiger partial charge in [0.2, 0.25) is 0 Å². The molecule has 1 aliphatic carbocycles. The maximum atomic E-state index is 5.98. The SMILES string of the molecule is Clc1ccccc1OCCCCNC1CC1. The second-order valence-corrected chi connectivity index (χ2v) is 4.62. The van der Waals surface area contributed by atoms with E-state index in [1.54, 1.807) is 0 Å². The van der Waals surface area contributed by atoms with E-state index in [1.165, 1.54) is 19.3 Å². The predicted molar refractivity (Wildman–Crippen MR) is 67.2 cm³/mol. The highest BCUT2D eigenvalue weighted by Gasteiger charge is 2.19. The van der Waals surface area contributed by atoms with Gasteiger partial charge in [-0.2, -0.15) is 0 Å². The Balaban J connectivity index is 1.55. The fourth-order valence-electron chi connectivity index (χ4n) is 1.56. The smallest absolute Gasteiger partial charge is 0.137 e. The van der Waals surface area contributed by atoms with E-state index in [0.29, 0.717) is 5.02 Å². The van der Waals surface area contributed by atoms with E-state index in [4.69, 9.17) is 16.3 Å². The van der Waals surface area contributed by atoms with Gasteiger partial charge < -0.3 is 10.1 Å². The summed E-state index contributed by atoms with van der Waals surface area (Å²) < 4.78 is 5.60. The third-order valence-electron chi connectivity index (χ3n) is 2.68. The van der Waals surface area contributed by atoms with E-state index in [-0.39, 0.29) is 0 Å². The van der Waals surface area contributed by atoms with Crippen LogP contribution in [0.1, 0.15) is 25.7 Å². The summed E-state index contributed by atoms with van der Waals surface area (Å²) in [4.78, 5) is 0. The molecule has 2 nitrogen and oxygen atoms in total. The maximum Gasteiger partial charge on any atom is 0.137 e. The monoisotopic (exact) mass is 239 g/mol. The van der Waals surface area contributed by atoms with Gasteiger partial charge in [0.1, 0.15) is 5.75 Å². The summed E-state index contributed by atoms with van der Waals surface area (Å²) in [7, 11) is 0. The van der Waals surface area contributed by atoms with Crippen LogP contribution in [0.2, 0.25) is 5.02 Å². The lowest BCUT2D eigenvalue weighted by atomic mass is 10.3. The molecule has 0 bridgehead atoms. The van der Waals surface area contributed by atoms with Crippen LogP contribution < -0.4 is 10.1 Å². The van der Waals surface area contributed by atoms with Gasteiger partial charge in [-0.25, -0.2) is 0 Å². The third-order valence-corrected chi connectivity index (χ3v) is 2.99. The first-order valence-corrected chi connectivity index (χ1v) is 6.35. The number of unbranched alkanes of at least 4 members (excludes halogenated alkanes) is 1. The van der Waals surface area contributed by atoms with Crippen LogP contribution >= 0.6 is 11.6 Å². The first kappa shape index (κ1) is 11.7. The number of hydrogen-bond donors (Lipinski definition) is 1. The zero-order chi connectivity index (χ0) is 11.2. The van der Waals surface area contributed by atoms with Gasteiger partial charge in [-0.3, -0.25) is 0 Å². The lowest BCUT2D eigenvalue weighted by Gasteiger charge is -2.07. The van der Waals surface area contributed by atoms with Crippen molar-refractivity contribution in [3.8, 4) is 5.75 Å². The number of benzene rings is 1. The fraction of sp³-hybridized carbons (Fsp3) is 0.538. The van der Waals surface area contributed by atoms with Crippen molar-refractivity contribution in [1.82, 2.24) is 5.32 Å². The standard InChI is InChI=1S/C13H18ClNO/c14-12-5-1-2-6-13(12)16-10-4-3-9-15-11-7-8-11/h1-2,5-6,11,15H,3-4,7-10H2. The van der Waals surface area contributed by atoms with Crippen molar-refractivity contribution in [3.63, 3.8) is 0 Å². The van der Waals surface area contributed by atoms with Gasteiger partial charge in [0.05, 0.1) is 11.6 Å². The lowest BCUT2D eigenvalue weighted by molar-refractivity contribution is 0.306. The molecule has 0 spiro atoms. The van der Waals surface area contributed by atoms with Crippen molar-refractivity contribution in [1.29, 1.82) is 0 Å². The molecule has 0 aromatic heterocycles. The molecule has 88 valence electrons. The highest BCUT2D eigenvalue weighted by atomic mass is 35.5. The largest absolute Gasteiger partial charge is 0.492 e. The van der Waals surface area contributed by atoms with Gasteiger partial charge in [0, 0.05) is 6.04 Å². The highest BCUT2D eigenvalue weighted by molar-refractivity contribution is 6.32. The topological polar surface area (TPSA) is 21.3 Å². The Morgan fingerprint density at radius 2 is 2.06 bits per heavy atom. The molecule has 0 atom stereocenters. The van der Waals surface area contributed by atoms with Gasteiger partial charge in [-0.05, 0) is 44.4 Å². The molecule has 1 N–H and O–H groups in total. The zero-order valence-electron chi connectivity index (χ0n) is 9.42. The van der Waals surface area contributed by atoms with Crippen LogP contribution in [0.4, 0.5) is 0 Å². The summed E-state index contributed by atoms with van der Waals surface area (Å²) >= 11 is 5.98. The van der Waals surface area contributed by atoms with Crippen LogP contribution in [0.25, 0.3) is 0 Å². The Kier molecular flexibility index (Phi) is 4.49. The summed E-state index contributed by atoms with van der Waals surface area (Å²) in [5, 5.41) is 4.18. The number of rotatable bonds is 7. The quantitative estimate of drug-likeness (QED) is 0.738. The number of halogens is 1. The van der Waals surface area contributed by atoms with Crippen molar-refractivity contribution in [3.05, 3.63) is 29.3 Å². The molecule has 1 aromatic rings. The van der Waals surface area contributed by atoms with Gasteiger partial charge in [-0.1, -0.05) is 23.7 Å². The molecule has 16 heavy (non-hydrogen) atoms. The Bertz CT molecular complexity index is 325. The molecule has 0 radical (unpaired) electrons. The van der Waals surface area contributed by atoms with E-state index in [2.05, 4.69) is 5.32 Å². The van der Waals surface area contributed by atoms with Crippen LogP contribution in [0.5, 0.6) is 5.75 Å². The average Bonchev–Trinajstić information content (AvgIpc) is 3.09. The number of hydrogen-bond acceptors (Lipinski definition) is 2. The van der Waals surface area contributed by atoms with Crippen molar-refractivity contribution in [2.45, 2.75) is 31.7 Å². The van der Waals surface area contributed by atoms with Crippen molar-refractivity contribution < 1.29 is 4.74 Å². The van der Waals surface area contributed by atoms with Crippen LogP contribution in [0.3, 0.4) is 0 Å². The van der Waals surface area contributed by atoms with Crippen LogP contribution in [-0.2, 0) is 0 Å². The Hall–Kier alpha value is -0.730. The molecular formula is C13H18ClNO. The Morgan fingerprint density at radius 3 is 2.81 bits per heavy atom. The van der Waals surface area contributed by atoms with Gasteiger partial charge in [0.25, 0.3) is 0 Å². The van der Waals surface area contributed by atoms with Crippen LogP contribution in [0.15, 0.2) is 24.3 Å². The molecule has 0 aliphatic heterocycles. The average molecular weight is 240 g/mol. The summed E-state index contributed by atoms with van der Waals surface area (Å²) in [5.74, 6) is 0.791. The maximum absolute atomic E-state index is 5.98. The van der Waals surface area contributed by atoms with Gasteiger partial charge >= 0.3 is 0 Å². The molecule has 0 heterocycles. The predicted octanol–water partition coefficient (Wildman–Crippen LogP) is 3.25. The summed E-state index contributed by atoms with van der Waals surface area (Å²) in [6.45, 7) is 1.85. The summed E-state index contributed by atoms with van der Waals surface area (Å²) in [5.41, 5.74) is 0. The van der Waals surface area contributed by atoms with E-state index in [9.17, 15) is 0 Å². The van der Waals surface area contributed by atoms with Crippen molar-refractivity contribution in [2.75, 3.05) is 13.2 Å². The molecular weight excluding hydrogens is 222 g/mol. The van der Waals surface area contributed by atoms with Crippen LogP contribution in [-0.4, -0.2) is 19.2 Å². The van der Waals surface area contributed by atoms with Gasteiger partial charge in [0.15, 0.2) is 0 Å². The van der Waals surface area contributed by atoms with Crippen molar-refractivity contribution >= 4 is 11.6 Å². The first-order chi connectivity index (χ1) is 7.86. The Morgan fingerprint density at radius 1 is 1.25 bits per heavy atom. The lowest BCUT2D eigenvalue weighted by Crippen LogP contribution is -2.17. The molecule has 3 heteroatoms. The summed E-state index contributed by atoms with van der Waals surface area (Å²) in [6, 6.07) is 8.42. The van der Waals surface area contributed by atoms with E-state index >= 15 is 0 Å². The normalized spacial score (nSPS) is 15.1. The zero-order valence-corrected chi connectivity index (χ0v) is 10.2. The van der Waals surface area contributed by atoms with Crippen LogP contribution in [0, 0.1) is 0 Å². The minimum absolute atomic E-state index is 0.693. The second-order valence-electron chi connectivity index (χ2n) is 4.21. The van der Waals surface area contributed by atoms with E-state index < -0.39 is 0 Å². The van der Waals surface area contributed by atoms with Crippen molar-refractivity contribution in [2.24, 2.45) is 0 Å². The second kappa shape index (κ2) is 6.12. The number of ether oxygens (including phenoxy) is 1. The fourth-order valence-corrected chi connectivity index (χ4v) is 1.75. The molecule has 1 saturated carbocycles. The minimum atomic E-state index is 0.693. The molecule has 1 fully saturated rings. The first-order valence-electron chi connectivity index (χ1n) is 5.97. The van der Waals surface area contributed by atoms with E-state index in [1.807, 2.05) is 24.3 Å². The molecule has 0 amide bonds. The van der Waals surface area contributed by atoms with E-state index in [0.717, 1.165) is 31.4 Å². The molecule has 1 aromatic carbocycles. The molecule has 2 rings (SSSR count). The molecule has 1 aliphatic rings. The minimum Gasteiger partial charge on any atom is -0.492 e. The van der Waals surface area contributed by atoms with Gasteiger partial charge in [-0.15, -0.1) is 0 Å². The third kappa shape index (κ3) is 4.03. The molecule has 0 unspecified atom stereocenters. The summed E-state index contributed by atoms with van der Waals surface area (Å²) in [6.07, 6.45) is 4.96. The Labute approximate surface area is 102 Å².